The van der Waals surface area contributed by atoms with Gasteiger partial charge in [0.25, 0.3) is 11.6 Å². The standard InChI is InChI=1S/C20H14BrN5O4S.C3H7NO/c21-13-5-1-11(2-6-13)15-10-31-20(23-15)17-16(27)9-25(18(17)22)24-19(28)12-3-7-14(8-4-12)26(29)30;1-4(2)3-5/h1-8,10,22,27H,9H2,(H,24,28);3H,1-2H3. The van der Waals surface area contributed by atoms with Gasteiger partial charge in [-0.15, -0.1) is 11.3 Å². The highest BCUT2D eigenvalue weighted by atomic mass is 79.9. The Hall–Kier alpha value is -4.10. The van der Waals surface area contributed by atoms with Crippen LogP contribution in [0.15, 0.2) is 64.1 Å². The zero-order valence-corrected chi connectivity index (χ0v) is 21.5. The third kappa shape index (κ3) is 6.31. The van der Waals surface area contributed by atoms with Crippen LogP contribution < -0.4 is 5.43 Å². The van der Waals surface area contributed by atoms with Crippen molar-refractivity contribution in [1.29, 1.82) is 5.41 Å². The van der Waals surface area contributed by atoms with Gasteiger partial charge in [-0.2, -0.15) is 0 Å². The minimum atomic E-state index is -0.553. The summed E-state index contributed by atoms with van der Waals surface area (Å²) in [6.07, 6.45) is 0.750. The van der Waals surface area contributed by atoms with Crippen molar-refractivity contribution in [2.24, 2.45) is 0 Å². The number of hydrazine groups is 1. The Labute approximate surface area is 218 Å². The van der Waals surface area contributed by atoms with Gasteiger partial charge >= 0.3 is 0 Å². The van der Waals surface area contributed by atoms with E-state index in [1.165, 1.54) is 45.5 Å². The topological polar surface area (TPSA) is 153 Å². The van der Waals surface area contributed by atoms with E-state index in [0.717, 1.165) is 16.4 Å². The van der Waals surface area contributed by atoms with E-state index in [1.54, 1.807) is 14.1 Å². The van der Waals surface area contributed by atoms with Crippen molar-refractivity contribution in [2.75, 3.05) is 20.6 Å². The second-order valence-corrected chi connectivity index (χ2v) is 9.39. The molecule has 36 heavy (non-hydrogen) atoms. The zero-order chi connectivity index (χ0) is 26.4. The molecule has 1 aromatic heterocycles. The van der Waals surface area contributed by atoms with Crippen molar-refractivity contribution >= 4 is 56.7 Å². The number of halogens is 1. The molecule has 0 atom stereocenters. The third-order valence-electron chi connectivity index (χ3n) is 4.75. The molecule has 13 heteroatoms. The number of nitrogens with zero attached hydrogens (tertiary/aromatic N) is 4. The Morgan fingerprint density at radius 3 is 2.42 bits per heavy atom. The molecule has 11 nitrogen and oxygen atoms in total. The lowest BCUT2D eigenvalue weighted by Gasteiger charge is -2.19. The Morgan fingerprint density at radius 2 is 1.86 bits per heavy atom. The van der Waals surface area contributed by atoms with E-state index < -0.39 is 10.8 Å². The Morgan fingerprint density at radius 1 is 1.25 bits per heavy atom. The molecule has 3 N–H and O–H groups in total. The van der Waals surface area contributed by atoms with Crippen LogP contribution in [-0.4, -0.2) is 63.7 Å². The molecular weight excluding hydrogens is 552 g/mol. The van der Waals surface area contributed by atoms with Crippen LogP contribution in [-0.2, 0) is 4.79 Å². The lowest BCUT2D eigenvalue weighted by atomic mass is 10.2. The maximum Gasteiger partial charge on any atom is 0.269 e. The first-order valence-corrected chi connectivity index (χ1v) is 12.0. The molecule has 3 aromatic rings. The highest BCUT2D eigenvalue weighted by Crippen LogP contribution is 2.32. The van der Waals surface area contributed by atoms with Gasteiger partial charge in [0.1, 0.15) is 10.8 Å². The first-order chi connectivity index (χ1) is 17.1. The number of rotatable bonds is 6. The van der Waals surface area contributed by atoms with E-state index >= 15 is 0 Å². The number of hydrogen-bond donors (Lipinski definition) is 3. The van der Waals surface area contributed by atoms with Crippen LogP contribution in [0.4, 0.5) is 5.69 Å². The summed E-state index contributed by atoms with van der Waals surface area (Å²) in [6, 6.07) is 12.7. The predicted octanol–water partition coefficient (Wildman–Crippen LogP) is 4.09. The number of nitro benzene ring substituents is 1. The van der Waals surface area contributed by atoms with E-state index in [9.17, 15) is 24.8 Å². The molecule has 2 heterocycles. The van der Waals surface area contributed by atoms with Gasteiger partial charge in [-0.3, -0.25) is 35.5 Å². The summed E-state index contributed by atoms with van der Waals surface area (Å²) < 4.78 is 0.948. The Bertz CT molecular complexity index is 1320. The largest absolute Gasteiger partial charge is 0.509 e. The summed E-state index contributed by atoms with van der Waals surface area (Å²) in [6.45, 7) is -0.0832. The maximum atomic E-state index is 12.5. The number of aliphatic hydroxyl groups is 1. The normalized spacial score (nSPS) is 12.6. The van der Waals surface area contributed by atoms with E-state index in [1.807, 2.05) is 29.6 Å². The summed E-state index contributed by atoms with van der Waals surface area (Å²) in [5.41, 5.74) is 4.47. The highest BCUT2D eigenvalue weighted by molar-refractivity contribution is 9.10. The monoisotopic (exact) mass is 572 g/mol. The molecule has 1 aliphatic rings. The second-order valence-electron chi connectivity index (χ2n) is 7.62. The minimum absolute atomic E-state index is 0.0781. The summed E-state index contributed by atoms with van der Waals surface area (Å²) in [4.78, 5) is 38.1. The van der Waals surface area contributed by atoms with E-state index in [0.29, 0.717) is 10.7 Å². The molecule has 1 aliphatic heterocycles. The number of aliphatic hydroxyl groups excluding tert-OH is 1. The average molecular weight is 573 g/mol. The average Bonchev–Trinajstić information content (AvgIpc) is 3.44. The second kappa shape index (κ2) is 11.6. The van der Waals surface area contributed by atoms with Gasteiger partial charge in [-0.1, -0.05) is 28.1 Å². The molecule has 0 saturated carbocycles. The van der Waals surface area contributed by atoms with Gasteiger partial charge in [0, 0.05) is 47.2 Å². The van der Waals surface area contributed by atoms with E-state index in [4.69, 9.17) is 5.41 Å². The van der Waals surface area contributed by atoms with Crippen LogP contribution in [0.25, 0.3) is 16.8 Å². The highest BCUT2D eigenvalue weighted by Gasteiger charge is 2.31. The van der Waals surface area contributed by atoms with Crippen molar-refractivity contribution < 1.29 is 19.6 Å². The van der Waals surface area contributed by atoms with Crippen LogP contribution in [0, 0.1) is 15.5 Å². The number of carbonyl (C=O) groups excluding carboxylic acids is 2. The van der Waals surface area contributed by atoms with Crippen LogP contribution in [0.1, 0.15) is 15.4 Å². The number of hydrogen-bond acceptors (Lipinski definition) is 8. The van der Waals surface area contributed by atoms with Crippen molar-refractivity contribution in [2.45, 2.75) is 0 Å². The first kappa shape index (κ1) is 26.5. The number of carbonyl (C=O) groups is 2. The third-order valence-corrected chi connectivity index (χ3v) is 6.14. The van der Waals surface area contributed by atoms with Gasteiger partial charge in [0.15, 0.2) is 5.84 Å². The minimum Gasteiger partial charge on any atom is -0.509 e. The molecular formula is C23H21BrN6O5S. The number of aromatic nitrogens is 1. The number of non-ortho nitro benzene ring substituents is 1. The maximum absolute atomic E-state index is 12.5. The van der Waals surface area contributed by atoms with Crippen molar-refractivity contribution in [3.05, 3.63) is 84.8 Å². The van der Waals surface area contributed by atoms with Crippen LogP contribution in [0.2, 0.25) is 0 Å². The fourth-order valence-corrected chi connectivity index (χ4v) is 4.12. The molecule has 0 fully saturated rings. The van der Waals surface area contributed by atoms with Gasteiger partial charge in [-0.25, -0.2) is 4.98 Å². The fourth-order valence-electron chi connectivity index (χ4n) is 2.96. The number of thiazole rings is 1. The van der Waals surface area contributed by atoms with Crippen LogP contribution in [0.5, 0.6) is 0 Å². The first-order valence-electron chi connectivity index (χ1n) is 10.3. The van der Waals surface area contributed by atoms with Crippen molar-refractivity contribution in [3.8, 4) is 11.3 Å². The SMILES string of the molecule is CN(C)C=O.N=C1C(c2nc(-c3ccc(Br)cc3)cs2)=C(O)CN1NC(=O)c1ccc([N+](=O)[O-])cc1. The van der Waals surface area contributed by atoms with Crippen LogP contribution in [0.3, 0.4) is 0 Å². The molecule has 4 rings (SSSR count). The van der Waals surface area contributed by atoms with Gasteiger partial charge in [0.05, 0.1) is 22.7 Å². The van der Waals surface area contributed by atoms with E-state index in [-0.39, 0.29) is 35.0 Å². The fraction of sp³-hybridized carbons (Fsp3) is 0.130. The number of benzene rings is 2. The zero-order valence-electron chi connectivity index (χ0n) is 19.1. The Kier molecular flexibility index (Phi) is 8.51. The summed E-state index contributed by atoms with van der Waals surface area (Å²) in [5, 5.41) is 33.0. The molecule has 0 saturated heterocycles. The smallest absolute Gasteiger partial charge is 0.269 e. The molecule has 0 radical (unpaired) electrons. The summed E-state index contributed by atoms with van der Waals surface area (Å²) in [7, 11) is 3.38. The molecule has 2 aromatic carbocycles. The van der Waals surface area contributed by atoms with Crippen molar-refractivity contribution in [3.63, 3.8) is 0 Å². The van der Waals surface area contributed by atoms with Crippen LogP contribution >= 0.6 is 27.3 Å². The number of amidine groups is 1. The van der Waals surface area contributed by atoms with Gasteiger partial charge in [-0.05, 0) is 24.3 Å². The number of nitro groups is 1. The van der Waals surface area contributed by atoms with Crippen molar-refractivity contribution in [1.82, 2.24) is 20.3 Å². The molecule has 0 bridgehead atoms. The Balaban J connectivity index is 0.000000658. The van der Waals surface area contributed by atoms with Gasteiger partial charge in [0.2, 0.25) is 6.41 Å². The van der Waals surface area contributed by atoms with Gasteiger partial charge < -0.3 is 10.0 Å². The summed E-state index contributed by atoms with van der Waals surface area (Å²) in [5.74, 6) is -0.724. The molecule has 0 unspecified atom stereocenters. The molecule has 0 spiro atoms. The molecule has 186 valence electrons. The molecule has 0 aliphatic carbocycles. The molecule has 2 amide bonds. The lowest BCUT2D eigenvalue weighted by molar-refractivity contribution is -0.384. The number of amides is 2. The summed E-state index contributed by atoms with van der Waals surface area (Å²) >= 11 is 4.68. The number of nitrogens with one attached hydrogen (secondary N) is 2. The van der Waals surface area contributed by atoms with E-state index in [2.05, 4.69) is 26.3 Å². The predicted molar refractivity (Wildman–Crippen MR) is 140 cm³/mol. The quantitative estimate of drug-likeness (QED) is 0.228. The lowest BCUT2D eigenvalue weighted by Crippen LogP contribution is -2.43.